The van der Waals surface area contributed by atoms with Gasteiger partial charge in [-0.15, -0.1) is 0 Å². The Morgan fingerprint density at radius 3 is 2.90 bits per heavy atom. The van der Waals surface area contributed by atoms with Crippen molar-refractivity contribution in [2.75, 3.05) is 51.1 Å². The van der Waals surface area contributed by atoms with E-state index in [1.54, 1.807) is 7.11 Å². The molecule has 0 aliphatic rings. The average Bonchev–Trinajstić information content (AvgIpc) is 2.80. The molecule has 0 aromatic carbocycles. The van der Waals surface area contributed by atoms with Gasteiger partial charge in [0.15, 0.2) is 5.13 Å². The number of thiazole rings is 1. The van der Waals surface area contributed by atoms with Gasteiger partial charge in [-0.3, -0.25) is 4.79 Å². The highest BCUT2D eigenvalue weighted by atomic mass is 32.1. The Kier molecular flexibility index (Phi) is 7.93. The van der Waals surface area contributed by atoms with Crippen molar-refractivity contribution >= 4 is 28.2 Å². The van der Waals surface area contributed by atoms with Crippen molar-refractivity contribution in [1.82, 2.24) is 10.3 Å². The van der Waals surface area contributed by atoms with Gasteiger partial charge in [-0.1, -0.05) is 11.3 Å². The van der Waals surface area contributed by atoms with Crippen molar-refractivity contribution < 1.29 is 14.3 Å². The fraction of sp³-hybridized carbons (Fsp3) is 0.667. The van der Waals surface area contributed by atoms with E-state index in [1.807, 2.05) is 6.92 Å². The van der Waals surface area contributed by atoms with Crippen molar-refractivity contribution in [1.29, 1.82) is 0 Å². The minimum absolute atomic E-state index is 0.198. The van der Waals surface area contributed by atoms with Crippen molar-refractivity contribution in [3.63, 3.8) is 0 Å². The molecule has 1 heterocycles. The zero-order valence-corrected chi connectivity index (χ0v) is 12.7. The zero-order valence-electron chi connectivity index (χ0n) is 11.9. The molecule has 1 amide bonds. The summed E-state index contributed by atoms with van der Waals surface area (Å²) in [7, 11) is 1.62. The number of amides is 1. The second-order valence-electron chi connectivity index (χ2n) is 3.96. The van der Waals surface area contributed by atoms with Gasteiger partial charge < -0.3 is 25.8 Å². The predicted molar refractivity (Wildman–Crippen MR) is 80.3 cm³/mol. The molecule has 0 unspecified atom stereocenters. The van der Waals surface area contributed by atoms with Crippen LogP contribution in [-0.2, 0) is 9.47 Å². The number of carbonyl (C=O) groups excluding carboxylic acids is 1. The maximum absolute atomic E-state index is 11.9. The number of carbonyl (C=O) groups is 1. The van der Waals surface area contributed by atoms with Crippen LogP contribution in [0, 0.1) is 0 Å². The van der Waals surface area contributed by atoms with Crippen LogP contribution < -0.4 is 16.4 Å². The van der Waals surface area contributed by atoms with Crippen LogP contribution >= 0.6 is 11.3 Å². The van der Waals surface area contributed by atoms with Gasteiger partial charge in [0, 0.05) is 33.4 Å². The van der Waals surface area contributed by atoms with Gasteiger partial charge >= 0.3 is 0 Å². The van der Waals surface area contributed by atoms with Gasteiger partial charge in [-0.2, -0.15) is 0 Å². The number of hydrogen-bond donors (Lipinski definition) is 3. The van der Waals surface area contributed by atoms with Crippen LogP contribution in [0.3, 0.4) is 0 Å². The van der Waals surface area contributed by atoms with Crippen molar-refractivity contribution in [3.05, 3.63) is 4.88 Å². The molecule has 7 nitrogen and oxygen atoms in total. The molecule has 0 atom stereocenters. The number of rotatable bonds is 10. The number of nitrogens with one attached hydrogen (secondary N) is 2. The monoisotopic (exact) mass is 302 g/mol. The number of methoxy groups -OCH3 is 1. The molecular weight excluding hydrogens is 280 g/mol. The number of nitrogens with two attached hydrogens (primary N) is 1. The zero-order chi connectivity index (χ0) is 14.8. The summed E-state index contributed by atoms with van der Waals surface area (Å²) in [6, 6.07) is 0. The summed E-state index contributed by atoms with van der Waals surface area (Å²) in [5.74, 6) is 0.0496. The Morgan fingerprint density at radius 2 is 2.20 bits per heavy atom. The van der Waals surface area contributed by atoms with E-state index in [4.69, 9.17) is 15.2 Å². The van der Waals surface area contributed by atoms with Crippen LogP contribution in [0.15, 0.2) is 0 Å². The minimum atomic E-state index is -0.198. The third-order valence-electron chi connectivity index (χ3n) is 2.40. The van der Waals surface area contributed by atoms with Crippen LogP contribution in [-0.4, -0.2) is 50.9 Å². The number of anilines is 2. The van der Waals surface area contributed by atoms with Crippen LogP contribution in [0.2, 0.25) is 0 Å². The van der Waals surface area contributed by atoms with Crippen LogP contribution in [0.25, 0.3) is 0 Å². The third kappa shape index (κ3) is 5.72. The SMILES string of the molecule is CCOCCCNC(=O)c1sc(NCCOC)nc1N. The normalized spacial score (nSPS) is 10.5. The molecule has 0 saturated heterocycles. The molecule has 0 aliphatic heterocycles. The number of hydrogen-bond acceptors (Lipinski definition) is 7. The Bertz CT molecular complexity index is 411. The molecule has 0 fully saturated rings. The van der Waals surface area contributed by atoms with E-state index in [9.17, 15) is 4.79 Å². The lowest BCUT2D eigenvalue weighted by Gasteiger charge is -2.03. The maximum atomic E-state index is 11.9. The first-order chi connectivity index (χ1) is 9.69. The topological polar surface area (TPSA) is 98.5 Å². The minimum Gasteiger partial charge on any atom is -0.383 e. The van der Waals surface area contributed by atoms with Crippen molar-refractivity contribution in [2.45, 2.75) is 13.3 Å². The lowest BCUT2D eigenvalue weighted by atomic mass is 10.4. The van der Waals surface area contributed by atoms with Crippen LogP contribution in [0.4, 0.5) is 10.9 Å². The van der Waals surface area contributed by atoms with E-state index in [0.29, 0.717) is 42.9 Å². The molecule has 0 aliphatic carbocycles. The van der Waals surface area contributed by atoms with E-state index in [-0.39, 0.29) is 11.7 Å². The predicted octanol–water partition coefficient (Wildman–Crippen LogP) is 0.940. The molecule has 1 aromatic heterocycles. The van der Waals surface area contributed by atoms with E-state index in [1.165, 1.54) is 11.3 Å². The molecule has 0 radical (unpaired) electrons. The van der Waals surface area contributed by atoms with Crippen LogP contribution in [0.1, 0.15) is 23.0 Å². The van der Waals surface area contributed by atoms with Gasteiger partial charge in [0.25, 0.3) is 5.91 Å². The van der Waals surface area contributed by atoms with Crippen molar-refractivity contribution in [2.24, 2.45) is 0 Å². The molecule has 0 spiro atoms. The van der Waals surface area contributed by atoms with Gasteiger partial charge in [-0.05, 0) is 13.3 Å². The summed E-state index contributed by atoms with van der Waals surface area (Å²) in [4.78, 5) is 16.5. The molecule has 1 aromatic rings. The lowest BCUT2D eigenvalue weighted by Crippen LogP contribution is -2.25. The van der Waals surface area contributed by atoms with Crippen LogP contribution in [0.5, 0.6) is 0 Å². The Balaban J connectivity index is 2.39. The van der Waals surface area contributed by atoms with E-state index < -0.39 is 0 Å². The molecule has 8 heteroatoms. The first kappa shape index (κ1) is 16.7. The fourth-order valence-electron chi connectivity index (χ4n) is 1.43. The molecule has 4 N–H and O–H groups in total. The number of nitrogens with zero attached hydrogens (tertiary/aromatic N) is 1. The second-order valence-corrected chi connectivity index (χ2v) is 4.96. The number of aromatic nitrogens is 1. The summed E-state index contributed by atoms with van der Waals surface area (Å²) in [5.41, 5.74) is 5.74. The summed E-state index contributed by atoms with van der Waals surface area (Å²) >= 11 is 1.24. The summed E-state index contributed by atoms with van der Waals surface area (Å²) in [6.45, 7) is 5.01. The summed E-state index contributed by atoms with van der Waals surface area (Å²) < 4.78 is 10.1. The Morgan fingerprint density at radius 1 is 1.40 bits per heavy atom. The molecule has 1 rings (SSSR count). The molecule has 20 heavy (non-hydrogen) atoms. The van der Waals surface area contributed by atoms with Crippen molar-refractivity contribution in [3.8, 4) is 0 Å². The quantitative estimate of drug-likeness (QED) is 0.556. The maximum Gasteiger partial charge on any atom is 0.265 e. The standard InChI is InChI=1S/C12H22N4O3S/c1-3-19-7-4-5-14-11(17)9-10(13)16-12(20-9)15-6-8-18-2/h3-8,13H2,1-2H3,(H,14,17)(H,15,16). The second kappa shape index (κ2) is 9.51. The van der Waals surface area contributed by atoms with E-state index >= 15 is 0 Å². The first-order valence-corrected chi connectivity index (χ1v) is 7.35. The smallest absolute Gasteiger partial charge is 0.265 e. The number of ether oxygens (including phenoxy) is 2. The summed E-state index contributed by atoms with van der Waals surface area (Å²) in [6.07, 6.45) is 0.775. The highest BCUT2D eigenvalue weighted by molar-refractivity contribution is 7.18. The Labute approximate surface area is 122 Å². The van der Waals surface area contributed by atoms with Gasteiger partial charge in [0.05, 0.1) is 6.61 Å². The lowest BCUT2D eigenvalue weighted by molar-refractivity contribution is 0.0949. The highest BCUT2D eigenvalue weighted by Gasteiger charge is 2.15. The average molecular weight is 302 g/mol. The molecule has 0 saturated carbocycles. The molecule has 114 valence electrons. The number of nitrogen functional groups attached to an aromatic ring is 1. The van der Waals surface area contributed by atoms with Gasteiger partial charge in [0.2, 0.25) is 0 Å². The first-order valence-electron chi connectivity index (χ1n) is 6.54. The fourth-order valence-corrected chi connectivity index (χ4v) is 2.26. The van der Waals surface area contributed by atoms with Gasteiger partial charge in [0.1, 0.15) is 10.7 Å². The molecule has 0 bridgehead atoms. The highest BCUT2D eigenvalue weighted by Crippen LogP contribution is 2.24. The molecular formula is C12H22N4O3S. The Hall–Kier alpha value is -1.38. The van der Waals surface area contributed by atoms with Gasteiger partial charge in [-0.25, -0.2) is 4.98 Å². The largest absolute Gasteiger partial charge is 0.383 e. The summed E-state index contributed by atoms with van der Waals surface area (Å²) in [5, 5.41) is 6.47. The van der Waals surface area contributed by atoms with E-state index in [2.05, 4.69) is 15.6 Å². The third-order valence-corrected chi connectivity index (χ3v) is 3.42. The van der Waals surface area contributed by atoms with E-state index in [0.717, 1.165) is 6.42 Å².